The van der Waals surface area contributed by atoms with Crippen LogP contribution in [0, 0.1) is 5.92 Å². The molecule has 3 rings (SSSR count). The molecule has 2 N–H and O–H groups in total. The molecule has 1 aliphatic heterocycles. The van der Waals surface area contributed by atoms with Crippen molar-refractivity contribution >= 4 is 42.1 Å². The Hall–Kier alpha value is -0.360. The largest absolute Gasteiger partial charge is 0.342 e. The average Bonchev–Trinajstić information content (AvgIpc) is 3.04. The average molecular weight is 408 g/mol. The van der Waals surface area contributed by atoms with E-state index in [1.165, 1.54) is 10.7 Å². The molecule has 3 atom stereocenters. The maximum Gasteiger partial charge on any atom is 0.225 e. The molecule has 25 heavy (non-hydrogen) atoms. The van der Waals surface area contributed by atoms with Crippen molar-refractivity contribution in [1.82, 2.24) is 9.88 Å². The molecule has 1 amide bonds. The fourth-order valence-electron chi connectivity index (χ4n) is 3.84. The molecule has 1 aliphatic carbocycles. The minimum absolute atomic E-state index is 0. The van der Waals surface area contributed by atoms with Crippen molar-refractivity contribution in [2.45, 2.75) is 70.3 Å². The molecular weight excluding hydrogens is 377 g/mol. The Kier molecular flexibility index (Phi) is 9.16. The second kappa shape index (κ2) is 10.1. The van der Waals surface area contributed by atoms with Gasteiger partial charge in [-0.05, 0) is 38.0 Å². The monoisotopic (exact) mass is 407 g/mol. The molecule has 4 nitrogen and oxygen atoms in total. The fourth-order valence-corrected chi connectivity index (χ4v) is 4.95. The smallest absolute Gasteiger partial charge is 0.225 e. The van der Waals surface area contributed by atoms with Crippen LogP contribution >= 0.6 is 36.2 Å². The lowest BCUT2D eigenvalue weighted by atomic mass is 9.84. The number of nitrogens with zero attached hydrogens (tertiary/aromatic N) is 2. The van der Waals surface area contributed by atoms with Gasteiger partial charge in [0.1, 0.15) is 0 Å². The zero-order chi connectivity index (χ0) is 16.4. The lowest BCUT2D eigenvalue weighted by Crippen LogP contribution is -2.44. The first-order valence-electron chi connectivity index (χ1n) is 9.04. The maximum atomic E-state index is 12.8. The van der Waals surface area contributed by atoms with E-state index in [1.54, 1.807) is 11.3 Å². The van der Waals surface area contributed by atoms with E-state index in [0.29, 0.717) is 17.7 Å². The number of likely N-dealkylation sites (tertiary alicyclic amines) is 1. The van der Waals surface area contributed by atoms with Crippen LogP contribution in [0.1, 0.15) is 74.9 Å². The highest BCUT2D eigenvalue weighted by molar-refractivity contribution is 7.09. The van der Waals surface area contributed by atoms with Crippen LogP contribution in [0.15, 0.2) is 5.38 Å². The SMILES string of the molecule is CC(C)c1csc(C2CCCN(C(=O)C3CCCC(N)C3)C2)n1.Cl.Cl. The van der Waals surface area contributed by atoms with Gasteiger partial charge in [-0.15, -0.1) is 36.2 Å². The third-order valence-electron chi connectivity index (χ3n) is 5.28. The topological polar surface area (TPSA) is 59.2 Å². The Morgan fingerprint density at radius 2 is 2.04 bits per heavy atom. The van der Waals surface area contributed by atoms with Crippen molar-refractivity contribution in [3.05, 3.63) is 16.1 Å². The molecule has 1 aromatic heterocycles. The van der Waals surface area contributed by atoms with Gasteiger partial charge in [-0.1, -0.05) is 20.3 Å². The summed E-state index contributed by atoms with van der Waals surface area (Å²) in [5.74, 6) is 1.39. The number of aromatic nitrogens is 1. The van der Waals surface area contributed by atoms with Crippen LogP contribution < -0.4 is 5.73 Å². The van der Waals surface area contributed by atoms with E-state index >= 15 is 0 Å². The Balaban J connectivity index is 0.00000156. The van der Waals surface area contributed by atoms with Gasteiger partial charge < -0.3 is 10.6 Å². The molecule has 1 saturated heterocycles. The molecule has 7 heteroatoms. The molecule has 0 spiro atoms. The van der Waals surface area contributed by atoms with Crippen LogP contribution in [-0.2, 0) is 4.79 Å². The summed E-state index contributed by atoms with van der Waals surface area (Å²) < 4.78 is 0. The van der Waals surface area contributed by atoms with Crippen molar-refractivity contribution < 1.29 is 4.79 Å². The van der Waals surface area contributed by atoms with Gasteiger partial charge in [0.2, 0.25) is 5.91 Å². The number of rotatable bonds is 3. The van der Waals surface area contributed by atoms with E-state index in [9.17, 15) is 4.79 Å². The minimum atomic E-state index is 0. The van der Waals surface area contributed by atoms with E-state index < -0.39 is 0 Å². The number of hydrogen-bond donors (Lipinski definition) is 1. The summed E-state index contributed by atoms with van der Waals surface area (Å²) in [5, 5.41) is 3.40. The van der Waals surface area contributed by atoms with E-state index in [4.69, 9.17) is 10.7 Å². The lowest BCUT2D eigenvalue weighted by molar-refractivity contribution is -0.138. The predicted molar refractivity (Wildman–Crippen MR) is 109 cm³/mol. The molecule has 2 fully saturated rings. The van der Waals surface area contributed by atoms with Crippen molar-refractivity contribution in [2.24, 2.45) is 11.7 Å². The van der Waals surface area contributed by atoms with Crippen molar-refractivity contribution in [3.8, 4) is 0 Å². The van der Waals surface area contributed by atoms with Crippen molar-refractivity contribution in [1.29, 1.82) is 0 Å². The Bertz CT molecular complexity index is 552. The van der Waals surface area contributed by atoms with E-state index in [-0.39, 0.29) is 36.8 Å². The molecule has 144 valence electrons. The molecule has 2 heterocycles. The number of hydrogen-bond acceptors (Lipinski definition) is 4. The zero-order valence-electron chi connectivity index (χ0n) is 15.1. The first-order valence-corrected chi connectivity index (χ1v) is 9.92. The van der Waals surface area contributed by atoms with Crippen LogP contribution in [0.5, 0.6) is 0 Å². The van der Waals surface area contributed by atoms with Crippen LogP contribution in [0.25, 0.3) is 0 Å². The Morgan fingerprint density at radius 1 is 1.28 bits per heavy atom. The van der Waals surface area contributed by atoms with Crippen LogP contribution in [0.3, 0.4) is 0 Å². The first kappa shape index (κ1) is 22.7. The number of carbonyl (C=O) groups excluding carboxylic acids is 1. The van der Waals surface area contributed by atoms with Crippen LogP contribution in [0.2, 0.25) is 0 Å². The van der Waals surface area contributed by atoms with Gasteiger partial charge in [0.05, 0.1) is 10.7 Å². The fraction of sp³-hybridized carbons (Fsp3) is 0.778. The molecule has 1 saturated carbocycles. The Morgan fingerprint density at radius 3 is 2.68 bits per heavy atom. The summed E-state index contributed by atoms with van der Waals surface area (Å²) in [7, 11) is 0. The van der Waals surface area contributed by atoms with Crippen molar-refractivity contribution in [2.75, 3.05) is 13.1 Å². The number of piperidine rings is 1. The van der Waals surface area contributed by atoms with Crippen LogP contribution in [-0.4, -0.2) is 34.9 Å². The van der Waals surface area contributed by atoms with Crippen LogP contribution in [0.4, 0.5) is 0 Å². The second-order valence-corrected chi connectivity index (χ2v) is 8.40. The molecule has 1 aromatic rings. The van der Waals surface area contributed by atoms with Gasteiger partial charge in [0, 0.05) is 36.3 Å². The molecule has 2 aliphatic rings. The standard InChI is InChI=1S/C18H29N3OS.2ClH/c1-12(2)16-11-23-17(20-16)14-6-4-8-21(10-14)18(22)13-5-3-7-15(19)9-13;;/h11-15H,3-10,19H2,1-2H3;2*1H. The highest BCUT2D eigenvalue weighted by Crippen LogP contribution is 2.33. The zero-order valence-corrected chi connectivity index (χ0v) is 17.6. The van der Waals surface area contributed by atoms with Gasteiger partial charge in [-0.2, -0.15) is 0 Å². The summed E-state index contributed by atoms with van der Waals surface area (Å²) in [4.78, 5) is 19.7. The second-order valence-electron chi connectivity index (χ2n) is 7.51. The number of halogens is 2. The van der Waals surface area contributed by atoms with E-state index in [2.05, 4.69) is 24.1 Å². The summed E-state index contributed by atoms with van der Waals surface area (Å²) in [6.07, 6.45) is 6.30. The molecule has 3 unspecified atom stereocenters. The lowest BCUT2D eigenvalue weighted by Gasteiger charge is -2.36. The first-order chi connectivity index (χ1) is 11.0. The van der Waals surface area contributed by atoms with Gasteiger partial charge in [-0.25, -0.2) is 4.98 Å². The number of amides is 1. The van der Waals surface area contributed by atoms with Gasteiger partial charge >= 0.3 is 0 Å². The quantitative estimate of drug-likeness (QED) is 0.810. The van der Waals surface area contributed by atoms with Gasteiger partial charge in [0.15, 0.2) is 0 Å². The van der Waals surface area contributed by atoms with E-state index in [0.717, 1.165) is 51.6 Å². The Labute approximate surface area is 167 Å². The third-order valence-corrected chi connectivity index (χ3v) is 6.30. The van der Waals surface area contributed by atoms with Gasteiger partial charge in [-0.3, -0.25) is 4.79 Å². The summed E-state index contributed by atoms with van der Waals surface area (Å²) in [6.45, 7) is 6.11. The number of carbonyl (C=O) groups is 1. The highest BCUT2D eigenvalue weighted by Gasteiger charge is 2.32. The van der Waals surface area contributed by atoms with Gasteiger partial charge in [0.25, 0.3) is 0 Å². The van der Waals surface area contributed by atoms with Crippen molar-refractivity contribution in [3.63, 3.8) is 0 Å². The molecular formula is C18H31Cl2N3OS. The predicted octanol–water partition coefficient (Wildman–Crippen LogP) is 4.33. The third kappa shape index (κ3) is 5.56. The summed E-state index contributed by atoms with van der Waals surface area (Å²) in [5.41, 5.74) is 7.25. The summed E-state index contributed by atoms with van der Waals surface area (Å²) in [6, 6.07) is 0.214. The highest BCUT2D eigenvalue weighted by atomic mass is 35.5. The summed E-state index contributed by atoms with van der Waals surface area (Å²) >= 11 is 1.77. The molecule has 0 aromatic carbocycles. The minimum Gasteiger partial charge on any atom is -0.342 e. The molecule has 0 radical (unpaired) electrons. The molecule has 0 bridgehead atoms. The maximum absolute atomic E-state index is 12.8. The van der Waals surface area contributed by atoms with E-state index in [1.807, 2.05) is 0 Å². The number of nitrogens with two attached hydrogens (primary N) is 1. The number of thiazole rings is 1. The normalized spacial score (nSPS) is 26.7.